The number of carboxylic acid groups (broad SMARTS) is 1. The molecule has 0 spiro atoms. The molecule has 1 fully saturated rings. The molecular formula is C16H21NO3S. The Morgan fingerprint density at radius 3 is 2.57 bits per heavy atom. The van der Waals surface area contributed by atoms with E-state index in [4.69, 9.17) is 0 Å². The Morgan fingerprint density at radius 2 is 2.00 bits per heavy atom. The van der Waals surface area contributed by atoms with Crippen LogP contribution in [0.25, 0.3) is 0 Å². The summed E-state index contributed by atoms with van der Waals surface area (Å²) in [6.45, 7) is 2.42. The second kappa shape index (κ2) is 6.98. The summed E-state index contributed by atoms with van der Waals surface area (Å²) >= 11 is 1.73. The third-order valence-corrected chi connectivity index (χ3v) is 4.58. The zero-order valence-electron chi connectivity index (χ0n) is 12.4. The molecule has 1 saturated heterocycles. The minimum atomic E-state index is -0.908. The lowest BCUT2D eigenvalue weighted by Gasteiger charge is -2.37. The average Bonchev–Trinajstić information content (AvgIpc) is 2.47. The van der Waals surface area contributed by atoms with Crippen molar-refractivity contribution in [1.82, 2.24) is 4.90 Å². The van der Waals surface area contributed by atoms with Crippen molar-refractivity contribution in [2.45, 2.75) is 31.6 Å². The Bertz CT molecular complexity index is 515. The number of thioether (sulfide) groups is 1. The molecule has 0 bridgehead atoms. The Morgan fingerprint density at radius 1 is 1.33 bits per heavy atom. The lowest BCUT2D eigenvalue weighted by atomic mass is 9.90. The maximum absolute atomic E-state index is 12.6. The van der Waals surface area contributed by atoms with Crippen LogP contribution in [-0.2, 0) is 10.5 Å². The SMILES string of the molecule is CSCc1ccc(C(=O)N2CCCC(C)C2C(=O)O)cc1. The van der Waals surface area contributed by atoms with Gasteiger partial charge in [0.2, 0.25) is 0 Å². The summed E-state index contributed by atoms with van der Waals surface area (Å²) in [5.74, 6) is -0.178. The van der Waals surface area contributed by atoms with E-state index in [1.54, 1.807) is 23.9 Å². The van der Waals surface area contributed by atoms with E-state index in [1.807, 2.05) is 25.3 Å². The van der Waals surface area contributed by atoms with E-state index in [1.165, 1.54) is 10.5 Å². The number of likely N-dealkylation sites (tertiary alicyclic amines) is 1. The number of carbonyl (C=O) groups excluding carboxylic acids is 1. The summed E-state index contributed by atoms with van der Waals surface area (Å²) < 4.78 is 0. The van der Waals surface area contributed by atoms with Crippen LogP contribution in [0.3, 0.4) is 0 Å². The summed E-state index contributed by atoms with van der Waals surface area (Å²) in [7, 11) is 0. The largest absolute Gasteiger partial charge is 0.480 e. The fourth-order valence-electron chi connectivity index (χ4n) is 2.87. The molecule has 4 nitrogen and oxygen atoms in total. The fraction of sp³-hybridized carbons (Fsp3) is 0.500. The first kappa shape index (κ1) is 15.9. The topological polar surface area (TPSA) is 57.6 Å². The van der Waals surface area contributed by atoms with E-state index >= 15 is 0 Å². The van der Waals surface area contributed by atoms with Crippen molar-refractivity contribution < 1.29 is 14.7 Å². The summed E-state index contributed by atoms with van der Waals surface area (Å²) in [6, 6.07) is 6.76. The van der Waals surface area contributed by atoms with Gasteiger partial charge in [-0.15, -0.1) is 0 Å². The van der Waals surface area contributed by atoms with E-state index in [-0.39, 0.29) is 11.8 Å². The number of hydrogen-bond donors (Lipinski definition) is 1. The number of hydrogen-bond acceptors (Lipinski definition) is 3. The van der Waals surface area contributed by atoms with Crippen molar-refractivity contribution in [3.63, 3.8) is 0 Å². The molecule has 1 aliphatic rings. The van der Waals surface area contributed by atoms with Gasteiger partial charge in [-0.05, 0) is 42.7 Å². The van der Waals surface area contributed by atoms with Gasteiger partial charge in [-0.1, -0.05) is 19.1 Å². The van der Waals surface area contributed by atoms with Crippen LogP contribution < -0.4 is 0 Å². The number of amides is 1. The Kier molecular flexibility index (Phi) is 5.28. The Balaban J connectivity index is 2.18. The maximum atomic E-state index is 12.6. The molecule has 1 N–H and O–H groups in total. The Labute approximate surface area is 129 Å². The molecule has 0 aromatic heterocycles. The molecule has 0 saturated carbocycles. The highest BCUT2D eigenvalue weighted by atomic mass is 32.2. The van der Waals surface area contributed by atoms with Crippen LogP contribution >= 0.6 is 11.8 Å². The van der Waals surface area contributed by atoms with Gasteiger partial charge in [-0.2, -0.15) is 11.8 Å². The van der Waals surface area contributed by atoms with Gasteiger partial charge in [0, 0.05) is 17.9 Å². The molecule has 1 aliphatic heterocycles. The first-order valence-electron chi connectivity index (χ1n) is 7.16. The third kappa shape index (κ3) is 3.59. The Hall–Kier alpha value is -1.49. The molecule has 114 valence electrons. The summed E-state index contributed by atoms with van der Waals surface area (Å²) in [4.78, 5) is 25.6. The number of piperidine rings is 1. The number of aliphatic carboxylic acids is 1. The number of rotatable bonds is 4. The van der Waals surface area contributed by atoms with Gasteiger partial charge >= 0.3 is 5.97 Å². The van der Waals surface area contributed by atoms with Gasteiger partial charge in [0.25, 0.3) is 5.91 Å². The van der Waals surface area contributed by atoms with Crippen LogP contribution in [0.15, 0.2) is 24.3 Å². The van der Waals surface area contributed by atoms with Gasteiger partial charge < -0.3 is 10.0 Å². The molecule has 0 aliphatic carbocycles. The summed E-state index contributed by atoms with van der Waals surface area (Å²) in [5, 5.41) is 9.39. The smallest absolute Gasteiger partial charge is 0.326 e. The lowest BCUT2D eigenvalue weighted by molar-refractivity contribution is -0.145. The van der Waals surface area contributed by atoms with Crippen molar-refractivity contribution in [3.05, 3.63) is 35.4 Å². The van der Waals surface area contributed by atoms with Crippen LogP contribution in [0.4, 0.5) is 0 Å². The van der Waals surface area contributed by atoms with Crippen molar-refractivity contribution in [1.29, 1.82) is 0 Å². The number of nitrogens with zero attached hydrogens (tertiary/aromatic N) is 1. The highest BCUT2D eigenvalue weighted by Crippen LogP contribution is 2.25. The van der Waals surface area contributed by atoms with Crippen molar-refractivity contribution >= 4 is 23.6 Å². The van der Waals surface area contributed by atoms with E-state index in [0.29, 0.717) is 12.1 Å². The molecule has 1 aromatic rings. The maximum Gasteiger partial charge on any atom is 0.326 e. The van der Waals surface area contributed by atoms with Crippen molar-refractivity contribution in [2.24, 2.45) is 5.92 Å². The zero-order chi connectivity index (χ0) is 15.4. The molecule has 21 heavy (non-hydrogen) atoms. The lowest BCUT2D eigenvalue weighted by Crippen LogP contribution is -2.51. The fourth-order valence-corrected chi connectivity index (χ4v) is 3.39. The van der Waals surface area contributed by atoms with Gasteiger partial charge in [0.05, 0.1) is 0 Å². The number of benzene rings is 1. The number of carbonyl (C=O) groups is 2. The van der Waals surface area contributed by atoms with E-state index < -0.39 is 12.0 Å². The summed E-state index contributed by atoms with van der Waals surface area (Å²) in [5.41, 5.74) is 1.74. The third-order valence-electron chi connectivity index (χ3n) is 3.96. The second-order valence-electron chi connectivity index (χ2n) is 5.53. The van der Waals surface area contributed by atoms with Gasteiger partial charge in [-0.25, -0.2) is 4.79 Å². The second-order valence-corrected chi connectivity index (χ2v) is 6.40. The predicted octanol–water partition coefficient (Wildman–Crippen LogP) is 2.87. The average molecular weight is 307 g/mol. The van der Waals surface area contributed by atoms with Crippen LogP contribution in [0, 0.1) is 5.92 Å². The predicted molar refractivity (Wildman–Crippen MR) is 84.5 cm³/mol. The van der Waals surface area contributed by atoms with E-state index in [9.17, 15) is 14.7 Å². The molecule has 5 heteroatoms. The van der Waals surface area contributed by atoms with Crippen LogP contribution in [-0.4, -0.2) is 40.7 Å². The monoisotopic (exact) mass is 307 g/mol. The van der Waals surface area contributed by atoms with Gasteiger partial charge in [-0.3, -0.25) is 4.79 Å². The van der Waals surface area contributed by atoms with Crippen LogP contribution in [0.5, 0.6) is 0 Å². The molecule has 2 unspecified atom stereocenters. The van der Waals surface area contributed by atoms with Gasteiger partial charge in [0.15, 0.2) is 0 Å². The first-order chi connectivity index (χ1) is 10.0. The first-order valence-corrected chi connectivity index (χ1v) is 8.55. The minimum Gasteiger partial charge on any atom is -0.480 e. The van der Waals surface area contributed by atoms with E-state index in [0.717, 1.165) is 18.6 Å². The summed E-state index contributed by atoms with van der Waals surface area (Å²) in [6.07, 6.45) is 3.75. The number of carboxylic acids is 1. The quantitative estimate of drug-likeness (QED) is 0.929. The van der Waals surface area contributed by atoms with E-state index in [2.05, 4.69) is 0 Å². The van der Waals surface area contributed by atoms with Gasteiger partial charge in [0.1, 0.15) is 6.04 Å². The molecule has 1 amide bonds. The molecule has 2 atom stereocenters. The van der Waals surface area contributed by atoms with Crippen molar-refractivity contribution in [2.75, 3.05) is 12.8 Å². The molecule has 1 aromatic carbocycles. The normalized spacial score (nSPS) is 22.1. The molecular weight excluding hydrogens is 286 g/mol. The highest BCUT2D eigenvalue weighted by Gasteiger charge is 2.37. The molecule has 0 radical (unpaired) electrons. The zero-order valence-corrected chi connectivity index (χ0v) is 13.2. The van der Waals surface area contributed by atoms with Crippen LogP contribution in [0.1, 0.15) is 35.7 Å². The van der Waals surface area contributed by atoms with Crippen molar-refractivity contribution in [3.8, 4) is 0 Å². The highest BCUT2D eigenvalue weighted by molar-refractivity contribution is 7.97. The molecule has 2 rings (SSSR count). The molecule has 1 heterocycles. The minimum absolute atomic E-state index is 0.00374. The van der Waals surface area contributed by atoms with Crippen LogP contribution in [0.2, 0.25) is 0 Å². The standard InChI is InChI=1S/C16H21NO3S/c1-11-4-3-9-17(14(11)16(19)20)15(18)13-7-5-12(6-8-13)10-21-2/h5-8,11,14H,3-4,9-10H2,1-2H3,(H,19,20).